The summed E-state index contributed by atoms with van der Waals surface area (Å²) in [6.07, 6.45) is 1.44. The first-order valence-corrected chi connectivity index (χ1v) is 9.09. The summed E-state index contributed by atoms with van der Waals surface area (Å²) in [5.74, 6) is -1.02. The molecule has 6 heteroatoms. The van der Waals surface area contributed by atoms with Crippen molar-refractivity contribution in [2.75, 3.05) is 5.32 Å². The van der Waals surface area contributed by atoms with E-state index in [0.717, 1.165) is 11.1 Å². The van der Waals surface area contributed by atoms with E-state index in [9.17, 15) is 9.59 Å². The van der Waals surface area contributed by atoms with Crippen LogP contribution < -0.4 is 15.5 Å². The molecule has 146 valence electrons. The number of carbonyl (C=O) groups excluding carboxylic acids is 2. The minimum absolute atomic E-state index is 0.414. The monoisotopic (exact) mass is 387 g/mol. The van der Waals surface area contributed by atoms with Crippen LogP contribution in [0.5, 0.6) is 5.75 Å². The van der Waals surface area contributed by atoms with Gasteiger partial charge < -0.3 is 10.1 Å². The Morgan fingerprint density at radius 2 is 1.59 bits per heavy atom. The zero-order chi connectivity index (χ0) is 20.5. The smallest absolute Gasteiger partial charge is 0.329 e. The van der Waals surface area contributed by atoms with E-state index in [1.165, 1.54) is 6.21 Å². The van der Waals surface area contributed by atoms with Gasteiger partial charge in [0.15, 0.2) is 0 Å². The van der Waals surface area contributed by atoms with Crippen LogP contribution in [0, 0.1) is 6.92 Å². The van der Waals surface area contributed by atoms with Gasteiger partial charge in [0.1, 0.15) is 12.4 Å². The molecule has 0 aliphatic rings. The van der Waals surface area contributed by atoms with Gasteiger partial charge in [0, 0.05) is 11.3 Å². The Morgan fingerprint density at radius 3 is 2.38 bits per heavy atom. The molecule has 0 saturated heterocycles. The summed E-state index contributed by atoms with van der Waals surface area (Å²) >= 11 is 0. The van der Waals surface area contributed by atoms with Crippen molar-refractivity contribution in [2.24, 2.45) is 5.10 Å². The highest BCUT2D eigenvalue weighted by molar-refractivity contribution is 6.39. The molecular formula is C23H21N3O3. The highest BCUT2D eigenvalue weighted by Crippen LogP contribution is 2.17. The van der Waals surface area contributed by atoms with Crippen molar-refractivity contribution in [3.8, 4) is 5.75 Å². The fourth-order valence-electron chi connectivity index (χ4n) is 2.56. The number of nitrogens with zero attached hydrogens (tertiary/aromatic N) is 1. The molecule has 0 radical (unpaired) electrons. The first-order chi connectivity index (χ1) is 14.1. The zero-order valence-electron chi connectivity index (χ0n) is 16.0. The molecule has 0 heterocycles. The zero-order valence-corrected chi connectivity index (χ0v) is 16.0. The van der Waals surface area contributed by atoms with E-state index in [2.05, 4.69) is 15.8 Å². The Kier molecular flexibility index (Phi) is 6.73. The topological polar surface area (TPSA) is 79.8 Å². The Balaban J connectivity index is 1.58. The van der Waals surface area contributed by atoms with E-state index < -0.39 is 11.8 Å². The quantitative estimate of drug-likeness (QED) is 0.385. The number of hydrogen-bond acceptors (Lipinski definition) is 4. The van der Waals surface area contributed by atoms with Crippen molar-refractivity contribution in [1.82, 2.24) is 5.43 Å². The third-order valence-corrected chi connectivity index (χ3v) is 4.13. The highest BCUT2D eigenvalue weighted by atomic mass is 16.5. The number of rotatable bonds is 6. The summed E-state index contributed by atoms with van der Waals surface area (Å²) in [6.45, 7) is 2.26. The molecule has 6 nitrogen and oxygen atoms in total. The second-order valence-corrected chi connectivity index (χ2v) is 6.28. The molecule has 0 unspecified atom stereocenters. The van der Waals surface area contributed by atoms with Crippen molar-refractivity contribution in [3.63, 3.8) is 0 Å². The second-order valence-electron chi connectivity index (χ2n) is 6.28. The molecule has 0 spiro atoms. The summed E-state index contributed by atoms with van der Waals surface area (Å²) in [5.41, 5.74) is 5.40. The largest absolute Gasteiger partial charge is 0.488 e. The lowest BCUT2D eigenvalue weighted by atomic mass is 10.2. The summed E-state index contributed by atoms with van der Waals surface area (Å²) in [5, 5.41) is 6.44. The number of hydrazone groups is 1. The molecule has 0 aromatic heterocycles. The Labute approximate surface area is 169 Å². The summed E-state index contributed by atoms with van der Waals surface area (Å²) < 4.78 is 5.84. The van der Waals surface area contributed by atoms with Crippen LogP contribution in [0.25, 0.3) is 0 Å². The van der Waals surface area contributed by atoms with E-state index >= 15 is 0 Å². The molecule has 0 aliphatic heterocycles. The second kappa shape index (κ2) is 9.85. The molecular weight excluding hydrogens is 366 g/mol. The molecule has 0 bridgehead atoms. The van der Waals surface area contributed by atoms with Gasteiger partial charge in [-0.15, -0.1) is 0 Å². The Hall–Kier alpha value is -3.93. The molecule has 0 atom stereocenters. The van der Waals surface area contributed by atoms with Crippen LogP contribution in [0.15, 0.2) is 84.0 Å². The van der Waals surface area contributed by atoms with Crippen LogP contribution in [0.4, 0.5) is 5.69 Å². The number of nitrogens with one attached hydrogen (secondary N) is 2. The number of aryl methyl sites for hydroxylation is 1. The number of amides is 2. The summed E-state index contributed by atoms with van der Waals surface area (Å²) in [7, 11) is 0. The van der Waals surface area contributed by atoms with Crippen molar-refractivity contribution >= 4 is 23.7 Å². The van der Waals surface area contributed by atoms with Gasteiger partial charge in [0.2, 0.25) is 0 Å². The van der Waals surface area contributed by atoms with Crippen molar-refractivity contribution < 1.29 is 14.3 Å². The average Bonchev–Trinajstić information content (AvgIpc) is 2.75. The van der Waals surface area contributed by atoms with Crippen molar-refractivity contribution in [1.29, 1.82) is 0 Å². The third-order valence-electron chi connectivity index (χ3n) is 4.13. The minimum atomic E-state index is -0.854. The van der Waals surface area contributed by atoms with Gasteiger partial charge in [-0.25, -0.2) is 5.43 Å². The van der Waals surface area contributed by atoms with Crippen LogP contribution in [0.2, 0.25) is 0 Å². The number of carbonyl (C=O) groups is 2. The van der Waals surface area contributed by atoms with Crippen LogP contribution in [-0.4, -0.2) is 18.0 Å². The van der Waals surface area contributed by atoms with Gasteiger partial charge in [-0.2, -0.15) is 5.10 Å². The van der Waals surface area contributed by atoms with E-state index in [4.69, 9.17) is 4.74 Å². The minimum Gasteiger partial charge on any atom is -0.488 e. The van der Waals surface area contributed by atoms with Gasteiger partial charge in [-0.1, -0.05) is 60.7 Å². The van der Waals surface area contributed by atoms with Gasteiger partial charge in [0.25, 0.3) is 0 Å². The van der Waals surface area contributed by atoms with Crippen molar-refractivity contribution in [3.05, 3.63) is 95.6 Å². The van der Waals surface area contributed by atoms with Crippen LogP contribution in [0.1, 0.15) is 16.7 Å². The highest BCUT2D eigenvalue weighted by Gasteiger charge is 2.13. The number of hydrogen-bond donors (Lipinski definition) is 2. The van der Waals surface area contributed by atoms with Gasteiger partial charge in [-0.05, 0) is 36.2 Å². The van der Waals surface area contributed by atoms with Gasteiger partial charge in [-0.3, -0.25) is 9.59 Å². The molecule has 3 aromatic rings. The normalized spacial score (nSPS) is 10.5. The Morgan fingerprint density at radius 1 is 0.897 bits per heavy atom. The molecule has 2 amide bonds. The fourth-order valence-corrected chi connectivity index (χ4v) is 2.56. The van der Waals surface area contributed by atoms with Crippen LogP contribution in [0.3, 0.4) is 0 Å². The molecule has 3 rings (SSSR count). The number of ether oxygens (including phenoxy) is 1. The molecule has 0 aliphatic carbocycles. The maximum atomic E-state index is 12.0. The van der Waals surface area contributed by atoms with Gasteiger partial charge >= 0.3 is 11.8 Å². The summed E-state index contributed by atoms with van der Waals surface area (Å²) in [6, 6.07) is 24.3. The Bertz CT molecular complexity index is 1020. The van der Waals surface area contributed by atoms with Crippen molar-refractivity contribution in [2.45, 2.75) is 13.5 Å². The lowest BCUT2D eigenvalue weighted by Crippen LogP contribution is -2.32. The van der Waals surface area contributed by atoms with E-state index in [1.807, 2.05) is 73.7 Å². The molecule has 0 saturated carbocycles. The summed E-state index contributed by atoms with van der Waals surface area (Å²) in [4.78, 5) is 24.0. The molecule has 0 fully saturated rings. The number of benzene rings is 3. The van der Waals surface area contributed by atoms with E-state index in [1.54, 1.807) is 12.1 Å². The fraction of sp³-hybridized carbons (Fsp3) is 0.0870. The lowest BCUT2D eigenvalue weighted by Gasteiger charge is -2.09. The number of anilines is 1. The molecule has 2 N–H and O–H groups in total. The van der Waals surface area contributed by atoms with E-state index in [-0.39, 0.29) is 0 Å². The first-order valence-electron chi connectivity index (χ1n) is 9.09. The predicted molar refractivity (Wildman–Crippen MR) is 113 cm³/mol. The maximum Gasteiger partial charge on any atom is 0.329 e. The standard InChI is InChI=1S/C23H21N3O3/c1-17-9-5-7-13-20(17)25-22(27)23(28)26-24-15-19-12-6-8-14-21(19)29-16-18-10-3-2-4-11-18/h2-15H,16H2,1H3,(H,25,27)(H,26,28)/b24-15-. The third kappa shape index (κ3) is 5.77. The maximum absolute atomic E-state index is 12.0. The molecule has 3 aromatic carbocycles. The first kappa shape index (κ1) is 19.8. The predicted octanol–water partition coefficient (Wildman–Crippen LogP) is 3.66. The van der Waals surface area contributed by atoms with Crippen LogP contribution in [-0.2, 0) is 16.2 Å². The van der Waals surface area contributed by atoms with E-state index in [0.29, 0.717) is 23.6 Å². The van der Waals surface area contributed by atoms with Crippen LogP contribution >= 0.6 is 0 Å². The average molecular weight is 387 g/mol. The van der Waals surface area contributed by atoms with Gasteiger partial charge in [0.05, 0.1) is 6.21 Å². The molecule has 29 heavy (non-hydrogen) atoms. The lowest BCUT2D eigenvalue weighted by molar-refractivity contribution is -0.136. The SMILES string of the molecule is Cc1ccccc1NC(=O)C(=O)N/N=C\c1ccccc1OCc1ccccc1. The number of para-hydroxylation sites is 2.